The Balaban J connectivity index is 3.36. The van der Waals surface area contributed by atoms with Gasteiger partial charge in [-0.1, -0.05) is 11.6 Å². The Bertz CT molecular complexity index is 277. The van der Waals surface area contributed by atoms with Crippen LogP contribution in [0.3, 0.4) is 0 Å². The first-order valence-electron chi connectivity index (χ1n) is 2.90. The van der Waals surface area contributed by atoms with Crippen LogP contribution in [-0.4, -0.2) is 16.3 Å². The van der Waals surface area contributed by atoms with E-state index in [1.165, 1.54) is 0 Å². The summed E-state index contributed by atoms with van der Waals surface area (Å²) in [7, 11) is 0. The number of aryl methyl sites for hydroxylation is 1. The molecule has 0 atom stereocenters. The molecule has 0 aliphatic heterocycles. The molecule has 5 heteroatoms. The molecule has 58 valence electrons. The average Bonchev–Trinajstić information content (AvgIpc) is 1.85. The summed E-state index contributed by atoms with van der Waals surface area (Å²) >= 11 is 5.57. The summed E-state index contributed by atoms with van der Waals surface area (Å²) in [5.41, 5.74) is 6.05. The Morgan fingerprint density at radius 3 is 2.64 bits per heavy atom. The van der Waals surface area contributed by atoms with E-state index >= 15 is 0 Å². The molecule has 1 heterocycles. The zero-order valence-electron chi connectivity index (χ0n) is 5.84. The second-order valence-corrected chi connectivity index (χ2v) is 2.35. The van der Waals surface area contributed by atoms with Crippen molar-refractivity contribution in [2.45, 2.75) is 6.92 Å². The smallest absolute Gasteiger partial charge is 0.221 e. The van der Waals surface area contributed by atoms with Crippen LogP contribution in [0.2, 0.25) is 5.15 Å². The predicted molar refractivity (Wildman–Crippen MR) is 41.6 cm³/mol. The highest BCUT2D eigenvalue weighted by atomic mass is 35.5. The lowest BCUT2D eigenvalue weighted by molar-refractivity contribution is 0.112. The molecule has 0 spiro atoms. The number of anilines is 1. The van der Waals surface area contributed by atoms with Gasteiger partial charge in [0.2, 0.25) is 5.95 Å². The lowest BCUT2D eigenvalue weighted by atomic mass is 10.3. The summed E-state index contributed by atoms with van der Waals surface area (Å²) in [6.45, 7) is 1.65. The van der Waals surface area contributed by atoms with Crippen LogP contribution in [0.15, 0.2) is 0 Å². The van der Waals surface area contributed by atoms with Gasteiger partial charge in [0.25, 0.3) is 0 Å². The van der Waals surface area contributed by atoms with Crippen molar-refractivity contribution in [3.63, 3.8) is 0 Å². The topological polar surface area (TPSA) is 68.9 Å². The molecule has 0 unspecified atom stereocenters. The Labute approximate surface area is 68.4 Å². The first kappa shape index (κ1) is 7.94. The Morgan fingerprint density at radius 2 is 2.18 bits per heavy atom. The van der Waals surface area contributed by atoms with Crippen LogP contribution in [0.1, 0.15) is 16.1 Å². The molecule has 0 amide bonds. The van der Waals surface area contributed by atoms with E-state index in [1.54, 1.807) is 6.92 Å². The van der Waals surface area contributed by atoms with E-state index in [2.05, 4.69) is 9.97 Å². The Morgan fingerprint density at radius 1 is 1.55 bits per heavy atom. The largest absolute Gasteiger partial charge is 0.368 e. The molecule has 0 saturated heterocycles. The highest BCUT2D eigenvalue weighted by Crippen LogP contribution is 2.14. The minimum Gasteiger partial charge on any atom is -0.368 e. The molecule has 1 aromatic rings. The minimum absolute atomic E-state index is 0.0816. The first-order valence-corrected chi connectivity index (χ1v) is 3.27. The highest BCUT2D eigenvalue weighted by Gasteiger charge is 2.06. The SMILES string of the molecule is Cc1nc(N)nc(Cl)c1C=O. The van der Waals surface area contributed by atoms with Gasteiger partial charge in [0.1, 0.15) is 5.15 Å². The molecule has 2 N–H and O–H groups in total. The second-order valence-electron chi connectivity index (χ2n) is 1.99. The van der Waals surface area contributed by atoms with E-state index in [0.29, 0.717) is 17.5 Å². The minimum atomic E-state index is 0.0816. The van der Waals surface area contributed by atoms with Gasteiger partial charge in [0, 0.05) is 0 Å². The van der Waals surface area contributed by atoms with E-state index < -0.39 is 0 Å². The second kappa shape index (κ2) is 2.84. The average molecular weight is 172 g/mol. The monoisotopic (exact) mass is 171 g/mol. The molecule has 0 radical (unpaired) electrons. The maximum absolute atomic E-state index is 10.4. The number of carbonyl (C=O) groups excluding carboxylic acids is 1. The molecule has 0 saturated carbocycles. The number of aromatic nitrogens is 2. The highest BCUT2D eigenvalue weighted by molar-refractivity contribution is 6.31. The third-order valence-electron chi connectivity index (χ3n) is 1.22. The number of hydrogen-bond acceptors (Lipinski definition) is 4. The van der Waals surface area contributed by atoms with Crippen LogP contribution >= 0.6 is 11.6 Å². The van der Waals surface area contributed by atoms with Gasteiger partial charge in [-0.15, -0.1) is 0 Å². The van der Waals surface area contributed by atoms with Crippen molar-refractivity contribution < 1.29 is 4.79 Å². The molecule has 1 aromatic heterocycles. The normalized spacial score (nSPS) is 9.64. The van der Waals surface area contributed by atoms with Crippen molar-refractivity contribution in [1.29, 1.82) is 0 Å². The number of nitrogen functional groups attached to an aromatic ring is 1. The molecule has 11 heavy (non-hydrogen) atoms. The van der Waals surface area contributed by atoms with Gasteiger partial charge in [-0.05, 0) is 6.92 Å². The molecular formula is C6H6ClN3O. The third-order valence-corrected chi connectivity index (χ3v) is 1.51. The number of hydrogen-bond donors (Lipinski definition) is 1. The van der Waals surface area contributed by atoms with Gasteiger partial charge in [0.15, 0.2) is 6.29 Å². The van der Waals surface area contributed by atoms with Crippen molar-refractivity contribution in [3.05, 3.63) is 16.4 Å². The standard InChI is InChI=1S/C6H6ClN3O/c1-3-4(2-11)5(7)10-6(8)9-3/h2H,1H3,(H2,8,9,10). The van der Waals surface area contributed by atoms with Gasteiger partial charge in [0.05, 0.1) is 11.3 Å². The molecule has 1 rings (SSSR count). The molecule has 0 aliphatic carbocycles. The first-order chi connectivity index (χ1) is 5.15. The number of carbonyl (C=O) groups is 1. The molecule has 4 nitrogen and oxygen atoms in total. The van der Waals surface area contributed by atoms with Crippen LogP contribution in [-0.2, 0) is 0 Å². The fourth-order valence-electron chi connectivity index (χ4n) is 0.701. The van der Waals surface area contributed by atoms with Crippen molar-refractivity contribution >= 4 is 23.8 Å². The van der Waals surface area contributed by atoms with Crippen molar-refractivity contribution in [1.82, 2.24) is 9.97 Å². The predicted octanol–water partition coefficient (Wildman–Crippen LogP) is 0.833. The summed E-state index contributed by atoms with van der Waals surface area (Å²) in [5, 5.41) is 0.102. The lowest BCUT2D eigenvalue weighted by Crippen LogP contribution is -2.01. The Kier molecular flexibility index (Phi) is 2.05. The van der Waals surface area contributed by atoms with Crippen LogP contribution in [0.25, 0.3) is 0 Å². The van der Waals surface area contributed by atoms with Crippen LogP contribution in [0.4, 0.5) is 5.95 Å². The van der Waals surface area contributed by atoms with Crippen molar-refractivity contribution in [3.8, 4) is 0 Å². The van der Waals surface area contributed by atoms with Gasteiger partial charge in [-0.25, -0.2) is 9.97 Å². The maximum Gasteiger partial charge on any atom is 0.221 e. The van der Waals surface area contributed by atoms with E-state index in [-0.39, 0.29) is 11.1 Å². The number of rotatable bonds is 1. The van der Waals surface area contributed by atoms with Gasteiger partial charge < -0.3 is 5.73 Å². The molecule has 0 aromatic carbocycles. The van der Waals surface area contributed by atoms with Crippen molar-refractivity contribution in [2.75, 3.05) is 5.73 Å². The molecular weight excluding hydrogens is 166 g/mol. The van der Waals surface area contributed by atoms with Gasteiger partial charge in [-0.3, -0.25) is 4.79 Å². The summed E-state index contributed by atoms with van der Waals surface area (Å²) in [6.07, 6.45) is 0.608. The zero-order valence-corrected chi connectivity index (χ0v) is 6.59. The zero-order chi connectivity index (χ0) is 8.43. The number of aldehydes is 1. The van der Waals surface area contributed by atoms with Crippen LogP contribution in [0.5, 0.6) is 0 Å². The number of nitrogens with zero attached hydrogens (tertiary/aromatic N) is 2. The van der Waals surface area contributed by atoms with Crippen LogP contribution in [0, 0.1) is 6.92 Å². The van der Waals surface area contributed by atoms with E-state index in [9.17, 15) is 4.79 Å². The summed E-state index contributed by atoms with van der Waals surface area (Å²) in [4.78, 5) is 17.7. The van der Waals surface area contributed by atoms with E-state index in [4.69, 9.17) is 17.3 Å². The van der Waals surface area contributed by atoms with E-state index in [0.717, 1.165) is 0 Å². The number of nitrogens with two attached hydrogens (primary N) is 1. The Hall–Kier alpha value is -1.16. The summed E-state index contributed by atoms with van der Waals surface area (Å²) in [5.74, 6) is 0.0816. The van der Waals surface area contributed by atoms with Crippen LogP contribution < -0.4 is 5.73 Å². The van der Waals surface area contributed by atoms with Gasteiger partial charge in [-0.2, -0.15) is 0 Å². The maximum atomic E-state index is 10.4. The van der Waals surface area contributed by atoms with Crippen molar-refractivity contribution in [2.24, 2.45) is 0 Å². The van der Waals surface area contributed by atoms with Gasteiger partial charge >= 0.3 is 0 Å². The molecule has 0 aliphatic rings. The molecule has 0 fully saturated rings. The number of halogens is 1. The molecule has 0 bridgehead atoms. The quantitative estimate of drug-likeness (QED) is 0.502. The third kappa shape index (κ3) is 1.46. The fraction of sp³-hybridized carbons (Fsp3) is 0.167. The lowest BCUT2D eigenvalue weighted by Gasteiger charge is -1.99. The summed E-state index contributed by atoms with van der Waals surface area (Å²) in [6, 6.07) is 0. The summed E-state index contributed by atoms with van der Waals surface area (Å²) < 4.78 is 0. The van der Waals surface area contributed by atoms with E-state index in [1.807, 2.05) is 0 Å². The fourth-order valence-corrected chi connectivity index (χ4v) is 0.969.